The monoisotopic (exact) mass is 429 g/mol. The molecule has 0 saturated heterocycles. The summed E-state index contributed by atoms with van der Waals surface area (Å²) in [6, 6.07) is 30.1. The highest BCUT2D eigenvalue weighted by molar-refractivity contribution is 5.79. The minimum atomic E-state index is -0.354. The van der Waals surface area contributed by atoms with Crippen LogP contribution in [-0.4, -0.2) is 0 Å². The molecule has 2 aliphatic rings. The van der Waals surface area contributed by atoms with Gasteiger partial charge >= 0.3 is 0 Å². The van der Waals surface area contributed by atoms with Gasteiger partial charge in [0, 0.05) is 11.8 Å². The van der Waals surface area contributed by atoms with Gasteiger partial charge in [-0.25, -0.2) is 0 Å². The van der Waals surface area contributed by atoms with Crippen molar-refractivity contribution in [2.24, 2.45) is 11.8 Å². The van der Waals surface area contributed by atoms with Gasteiger partial charge in [0.15, 0.2) is 0 Å². The lowest BCUT2D eigenvalue weighted by Gasteiger charge is -2.44. The maximum Gasteiger partial charge on any atom is 0.0629 e. The van der Waals surface area contributed by atoms with Gasteiger partial charge in [-0.1, -0.05) is 133 Å². The van der Waals surface area contributed by atoms with Crippen molar-refractivity contribution < 1.29 is 6.85 Å². The third-order valence-electron chi connectivity index (χ3n) is 7.16. The van der Waals surface area contributed by atoms with Crippen LogP contribution in [0.25, 0.3) is 11.1 Å². The van der Waals surface area contributed by atoms with E-state index in [2.05, 4.69) is 60.7 Å². The van der Waals surface area contributed by atoms with Gasteiger partial charge in [0.05, 0.1) is 6.85 Å². The highest BCUT2D eigenvalue weighted by Gasteiger charge is 2.41. The SMILES string of the molecule is [2H]c1c([2H])c([2H])c(C2=C[C@@H](c3ccccc3)[C@H]3C[C@@H]2[C@H](c2ccccc2)C=C3c2ccccc2)c([2H])c1[2H]. The van der Waals surface area contributed by atoms with Gasteiger partial charge in [-0.05, 0) is 51.7 Å². The normalized spacial score (nSPS) is 26.1. The lowest BCUT2D eigenvalue weighted by molar-refractivity contribution is 0.404. The summed E-state index contributed by atoms with van der Waals surface area (Å²) in [6.07, 6.45) is 5.41. The highest BCUT2D eigenvalue weighted by atomic mass is 14.4. The molecule has 6 rings (SSSR count). The van der Waals surface area contributed by atoms with E-state index in [0.29, 0.717) is 5.56 Å². The summed E-state index contributed by atoms with van der Waals surface area (Å²) < 4.78 is 42.4. The molecule has 0 heteroatoms. The molecule has 0 heterocycles. The molecular weight excluding hydrogens is 396 g/mol. The molecule has 33 heavy (non-hydrogen) atoms. The number of hydrogen-bond acceptors (Lipinski definition) is 0. The molecule has 0 unspecified atom stereocenters. The van der Waals surface area contributed by atoms with E-state index < -0.39 is 0 Å². The highest BCUT2D eigenvalue weighted by Crippen LogP contribution is 2.56. The Balaban J connectivity index is 1.62. The molecule has 4 atom stereocenters. The first-order valence-corrected chi connectivity index (χ1v) is 11.6. The third-order valence-corrected chi connectivity index (χ3v) is 7.16. The largest absolute Gasteiger partial charge is 0.0723 e. The van der Waals surface area contributed by atoms with E-state index in [9.17, 15) is 0 Å². The first kappa shape index (κ1) is 15.2. The molecule has 0 spiro atoms. The maximum atomic E-state index is 8.79. The summed E-state index contributed by atoms with van der Waals surface area (Å²) in [5.74, 6) is 0.226. The molecule has 0 aromatic heterocycles. The summed E-state index contributed by atoms with van der Waals surface area (Å²) in [7, 11) is 0. The molecule has 2 bridgehead atoms. The molecule has 4 aromatic rings. The van der Waals surface area contributed by atoms with Crippen molar-refractivity contribution in [2.75, 3.05) is 0 Å². The standard InChI is InChI=1S/C33H28/c1-5-13-24(14-6-1)28-21-29(25-15-7-2-8-16-25)33-23-32(28)30(26-17-9-3-10-18-26)22-31(33)27-19-11-4-12-20-27/h1-22,28,31-33H,23H2/t28-,31-,32+,33-/m0/s1/i2D,7D,8D,15D,16D. The van der Waals surface area contributed by atoms with Crippen molar-refractivity contribution in [3.8, 4) is 0 Å². The Hall–Kier alpha value is -3.64. The zero-order chi connectivity index (χ0) is 26.4. The number of rotatable bonds is 4. The molecule has 4 aromatic carbocycles. The molecule has 160 valence electrons. The second-order valence-electron chi connectivity index (χ2n) is 8.93. The van der Waals surface area contributed by atoms with Crippen LogP contribution in [0.2, 0.25) is 0 Å². The molecule has 0 amide bonds. The molecule has 0 aliphatic heterocycles. The zero-order valence-corrected chi connectivity index (χ0v) is 18.3. The third kappa shape index (κ3) is 3.76. The van der Waals surface area contributed by atoms with E-state index in [1.54, 1.807) is 0 Å². The van der Waals surface area contributed by atoms with Gasteiger partial charge in [-0.3, -0.25) is 0 Å². The number of fused-ring (bicyclic) bond motifs is 2. The van der Waals surface area contributed by atoms with E-state index in [1.165, 1.54) is 22.3 Å². The van der Waals surface area contributed by atoms with E-state index >= 15 is 0 Å². The Bertz CT molecular complexity index is 1510. The van der Waals surface area contributed by atoms with Crippen molar-refractivity contribution >= 4 is 11.1 Å². The average Bonchev–Trinajstić information content (AvgIpc) is 2.97. The van der Waals surface area contributed by atoms with Gasteiger partial charge in [0.2, 0.25) is 0 Å². The van der Waals surface area contributed by atoms with Crippen molar-refractivity contribution in [3.05, 3.63) is 156 Å². The van der Waals surface area contributed by atoms with Gasteiger partial charge in [0.1, 0.15) is 0 Å². The second kappa shape index (κ2) is 8.71. The van der Waals surface area contributed by atoms with Crippen LogP contribution in [0.5, 0.6) is 0 Å². The van der Waals surface area contributed by atoms with E-state index in [0.717, 1.165) is 12.0 Å². The second-order valence-corrected chi connectivity index (χ2v) is 8.93. The fourth-order valence-electron chi connectivity index (χ4n) is 5.69. The van der Waals surface area contributed by atoms with Gasteiger partial charge in [0.25, 0.3) is 0 Å². The minimum absolute atomic E-state index is 0.0154. The Morgan fingerprint density at radius 1 is 0.515 bits per heavy atom. The Morgan fingerprint density at radius 2 is 0.970 bits per heavy atom. The summed E-state index contributed by atoms with van der Waals surface area (Å²) in [5.41, 5.74) is 6.03. The van der Waals surface area contributed by atoms with Crippen LogP contribution in [0, 0.1) is 11.8 Å². The zero-order valence-electron chi connectivity index (χ0n) is 23.3. The fraction of sp³-hybridized carbons (Fsp3) is 0.152. The van der Waals surface area contributed by atoms with Gasteiger partial charge < -0.3 is 0 Å². The first-order chi connectivity index (χ1) is 18.5. The average molecular weight is 430 g/mol. The summed E-state index contributed by atoms with van der Waals surface area (Å²) in [5, 5.41) is 0. The predicted molar refractivity (Wildman–Crippen MR) is 139 cm³/mol. The molecular formula is C33H28. The van der Waals surface area contributed by atoms with Crippen molar-refractivity contribution in [1.82, 2.24) is 0 Å². The molecule has 0 saturated carbocycles. The van der Waals surface area contributed by atoms with Gasteiger partial charge in [-0.2, -0.15) is 0 Å². The first-order valence-electron chi connectivity index (χ1n) is 14.1. The molecule has 0 N–H and O–H groups in total. The lowest BCUT2D eigenvalue weighted by Crippen LogP contribution is -2.31. The fourth-order valence-corrected chi connectivity index (χ4v) is 5.69. The summed E-state index contributed by atoms with van der Waals surface area (Å²) in [4.78, 5) is 0. The number of benzene rings is 4. The Morgan fingerprint density at radius 3 is 1.48 bits per heavy atom. The summed E-state index contributed by atoms with van der Waals surface area (Å²) >= 11 is 0. The Kier molecular flexibility index (Phi) is 4.02. The topological polar surface area (TPSA) is 0 Å². The van der Waals surface area contributed by atoms with E-state index in [-0.39, 0.29) is 53.9 Å². The minimum Gasteiger partial charge on any atom is -0.0723 e. The van der Waals surface area contributed by atoms with E-state index in [4.69, 9.17) is 6.85 Å². The predicted octanol–water partition coefficient (Wildman–Crippen LogP) is 8.37. The smallest absolute Gasteiger partial charge is 0.0629 e. The number of allylic oxidation sites excluding steroid dienone is 4. The maximum absolute atomic E-state index is 8.79. The molecule has 0 radical (unpaired) electrons. The summed E-state index contributed by atoms with van der Waals surface area (Å²) in [6.45, 7) is 0. The molecule has 0 nitrogen and oxygen atoms in total. The van der Waals surface area contributed by atoms with Crippen molar-refractivity contribution in [3.63, 3.8) is 0 Å². The quantitative estimate of drug-likeness (QED) is 0.306. The van der Waals surface area contributed by atoms with Crippen LogP contribution < -0.4 is 0 Å². The van der Waals surface area contributed by atoms with Crippen LogP contribution in [0.4, 0.5) is 0 Å². The van der Waals surface area contributed by atoms with Gasteiger partial charge in [-0.15, -0.1) is 0 Å². The van der Waals surface area contributed by atoms with Crippen LogP contribution in [0.3, 0.4) is 0 Å². The number of hydrogen-bond donors (Lipinski definition) is 0. The lowest BCUT2D eigenvalue weighted by atomic mass is 9.59. The molecule has 2 aliphatic carbocycles. The molecule has 0 fully saturated rings. The van der Waals surface area contributed by atoms with Crippen LogP contribution >= 0.6 is 0 Å². The van der Waals surface area contributed by atoms with Crippen molar-refractivity contribution in [1.29, 1.82) is 0 Å². The van der Waals surface area contributed by atoms with Crippen LogP contribution in [-0.2, 0) is 0 Å². The van der Waals surface area contributed by atoms with Crippen LogP contribution in [0.15, 0.2) is 133 Å². The van der Waals surface area contributed by atoms with Crippen LogP contribution in [0.1, 0.15) is 47.4 Å². The van der Waals surface area contributed by atoms with Crippen molar-refractivity contribution in [2.45, 2.75) is 18.3 Å². The Labute approximate surface area is 204 Å². The van der Waals surface area contributed by atoms with E-state index in [1.807, 2.05) is 42.5 Å².